The van der Waals surface area contributed by atoms with Crippen LogP contribution in [-0.2, 0) is 17.7 Å². The van der Waals surface area contributed by atoms with Crippen LogP contribution in [0.4, 0.5) is 0 Å². The Kier molecular flexibility index (Phi) is 6.43. The molecule has 19 heavy (non-hydrogen) atoms. The Morgan fingerprint density at radius 3 is 2.42 bits per heavy atom. The van der Waals surface area contributed by atoms with Crippen LogP contribution >= 0.6 is 11.3 Å². The molecule has 4 heteroatoms. The molecule has 1 heterocycles. The molecule has 0 aromatic carbocycles. The topological polar surface area (TPSA) is 34.1 Å². The Morgan fingerprint density at radius 2 is 1.95 bits per heavy atom. The molecule has 0 fully saturated rings. The third-order valence-electron chi connectivity index (χ3n) is 3.01. The van der Waals surface area contributed by atoms with Gasteiger partial charge in [-0.3, -0.25) is 0 Å². The van der Waals surface area contributed by atoms with Gasteiger partial charge in [-0.25, -0.2) is 4.98 Å². The van der Waals surface area contributed by atoms with E-state index in [-0.39, 0.29) is 11.5 Å². The number of thiazole rings is 1. The SMILES string of the molecule is CCNCc1sc(C(OCC)C(C)(C)C)nc1CC. The summed E-state index contributed by atoms with van der Waals surface area (Å²) in [7, 11) is 0. The first-order valence-electron chi connectivity index (χ1n) is 7.24. The second-order valence-electron chi connectivity index (χ2n) is 5.76. The molecule has 1 aromatic rings. The minimum Gasteiger partial charge on any atom is -0.371 e. The Bertz CT molecular complexity index is 382. The van der Waals surface area contributed by atoms with Gasteiger partial charge in [0.05, 0.1) is 5.69 Å². The third-order valence-corrected chi connectivity index (χ3v) is 4.15. The van der Waals surface area contributed by atoms with Gasteiger partial charge in [-0.2, -0.15) is 0 Å². The molecule has 3 nitrogen and oxygen atoms in total. The molecule has 1 atom stereocenters. The number of hydrogen-bond donors (Lipinski definition) is 1. The molecular weight excluding hydrogens is 256 g/mol. The van der Waals surface area contributed by atoms with E-state index in [0.29, 0.717) is 0 Å². The van der Waals surface area contributed by atoms with Crippen LogP contribution in [-0.4, -0.2) is 18.1 Å². The Hall–Kier alpha value is -0.450. The van der Waals surface area contributed by atoms with Crippen LogP contribution in [0.2, 0.25) is 0 Å². The molecule has 1 rings (SSSR count). The van der Waals surface area contributed by atoms with E-state index >= 15 is 0 Å². The second-order valence-corrected chi connectivity index (χ2v) is 6.87. The summed E-state index contributed by atoms with van der Waals surface area (Å²) in [6.07, 6.45) is 1.07. The van der Waals surface area contributed by atoms with Gasteiger partial charge in [0.25, 0.3) is 0 Å². The molecule has 0 saturated heterocycles. The van der Waals surface area contributed by atoms with E-state index in [9.17, 15) is 0 Å². The first kappa shape index (κ1) is 16.6. The number of nitrogens with one attached hydrogen (secondary N) is 1. The summed E-state index contributed by atoms with van der Waals surface area (Å²) in [5.74, 6) is 0. The van der Waals surface area contributed by atoms with Crippen LogP contribution in [0, 0.1) is 5.41 Å². The summed E-state index contributed by atoms with van der Waals surface area (Å²) in [5.41, 5.74) is 1.30. The summed E-state index contributed by atoms with van der Waals surface area (Å²) in [6, 6.07) is 0. The molecule has 0 radical (unpaired) electrons. The molecule has 1 unspecified atom stereocenters. The summed E-state index contributed by atoms with van der Waals surface area (Å²) in [4.78, 5) is 6.18. The summed E-state index contributed by atoms with van der Waals surface area (Å²) in [5, 5.41) is 4.52. The van der Waals surface area contributed by atoms with Gasteiger partial charge in [-0.05, 0) is 25.3 Å². The zero-order valence-corrected chi connectivity index (χ0v) is 14.0. The predicted octanol–water partition coefficient (Wildman–Crippen LogP) is 3.94. The lowest BCUT2D eigenvalue weighted by molar-refractivity contribution is -0.0134. The van der Waals surface area contributed by atoms with Crippen molar-refractivity contribution < 1.29 is 4.74 Å². The fourth-order valence-corrected chi connectivity index (χ4v) is 3.45. The average Bonchev–Trinajstić information content (AvgIpc) is 2.74. The van der Waals surface area contributed by atoms with E-state index in [0.717, 1.165) is 31.1 Å². The molecule has 0 aliphatic carbocycles. The summed E-state index contributed by atoms with van der Waals surface area (Å²) < 4.78 is 5.94. The molecule has 110 valence electrons. The van der Waals surface area contributed by atoms with Crippen molar-refractivity contribution >= 4 is 11.3 Å². The lowest BCUT2D eigenvalue weighted by atomic mass is 9.89. The molecule has 1 N–H and O–H groups in total. The van der Waals surface area contributed by atoms with E-state index in [1.165, 1.54) is 10.6 Å². The van der Waals surface area contributed by atoms with Crippen molar-refractivity contribution in [3.63, 3.8) is 0 Å². The number of rotatable bonds is 7. The van der Waals surface area contributed by atoms with E-state index in [4.69, 9.17) is 9.72 Å². The quantitative estimate of drug-likeness (QED) is 0.823. The van der Waals surface area contributed by atoms with Gasteiger partial charge in [0, 0.05) is 18.0 Å². The lowest BCUT2D eigenvalue weighted by Gasteiger charge is -2.28. The standard InChI is InChI=1S/C15H28N2OS/c1-7-11-12(10-16-8-2)19-14(17-11)13(18-9-3)15(4,5)6/h13,16H,7-10H2,1-6H3. The van der Waals surface area contributed by atoms with Crippen LogP contribution < -0.4 is 5.32 Å². The van der Waals surface area contributed by atoms with Crippen LogP contribution in [0.25, 0.3) is 0 Å². The Balaban J connectivity index is 3.00. The van der Waals surface area contributed by atoms with Gasteiger partial charge in [0.1, 0.15) is 11.1 Å². The highest BCUT2D eigenvalue weighted by atomic mass is 32.1. The van der Waals surface area contributed by atoms with Gasteiger partial charge < -0.3 is 10.1 Å². The first-order valence-corrected chi connectivity index (χ1v) is 8.06. The molecule has 0 aliphatic rings. The maximum Gasteiger partial charge on any atom is 0.123 e. The predicted molar refractivity (Wildman–Crippen MR) is 82.7 cm³/mol. The van der Waals surface area contributed by atoms with Crippen molar-refractivity contribution in [2.24, 2.45) is 5.41 Å². The minimum absolute atomic E-state index is 0.0777. The molecular formula is C15H28N2OS. The minimum atomic E-state index is 0.0777. The van der Waals surface area contributed by atoms with Crippen molar-refractivity contribution in [2.75, 3.05) is 13.2 Å². The van der Waals surface area contributed by atoms with Crippen molar-refractivity contribution in [3.8, 4) is 0 Å². The van der Waals surface area contributed by atoms with E-state index in [1.807, 2.05) is 6.92 Å². The number of aromatic nitrogens is 1. The maximum atomic E-state index is 5.94. The van der Waals surface area contributed by atoms with Crippen molar-refractivity contribution in [1.82, 2.24) is 10.3 Å². The van der Waals surface area contributed by atoms with Gasteiger partial charge in [-0.1, -0.05) is 34.6 Å². The zero-order valence-electron chi connectivity index (χ0n) is 13.2. The highest BCUT2D eigenvalue weighted by Gasteiger charge is 2.30. The molecule has 0 aliphatic heterocycles. The molecule has 0 spiro atoms. The average molecular weight is 284 g/mol. The van der Waals surface area contributed by atoms with E-state index < -0.39 is 0 Å². The number of nitrogens with zero attached hydrogens (tertiary/aromatic N) is 1. The zero-order chi connectivity index (χ0) is 14.5. The maximum absolute atomic E-state index is 5.94. The molecule has 0 saturated carbocycles. The number of aryl methyl sites for hydroxylation is 1. The van der Waals surface area contributed by atoms with E-state index in [2.05, 4.69) is 39.9 Å². The Morgan fingerprint density at radius 1 is 1.26 bits per heavy atom. The molecule has 1 aromatic heterocycles. The van der Waals surface area contributed by atoms with Crippen LogP contribution in [0.3, 0.4) is 0 Å². The second kappa shape index (κ2) is 7.36. The molecule has 0 bridgehead atoms. The van der Waals surface area contributed by atoms with Crippen molar-refractivity contribution in [2.45, 2.75) is 60.6 Å². The highest BCUT2D eigenvalue weighted by molar-refractivity contribution is 7.11. The first-order chi connectivity index (χ1) is 8.93. The lowest BCUT2D eigenvalue weighted by Crippen LogP contribution is -2.21. The highest BCUT2D eigenvalue weighted by Crippen LogP contribution is 2.38. The Labute approximate surface area is 121 Å². The third kappa shape index (κ3) is 4.55. The van der Waals surface area contributed by atoms with Gasteiger partial charge in [-0.15, -0.1) is 11.3 Å². The van der Waals surface area contributed by atoms with Crippen LogP contribution in [0.15, 0.2) is 0 Å². The van der Waals surface area contributed by atoms with Crippen LogP contribution in [0.1, 0.15) is 63.2 Å². The normalized spacial score (nSPS) is 13.8. The van der Waals surface area contributed by atoms with E-state index in [1.54, 1.807) is 11.3 Å². The fourth-order valence-electron chi connectivity index (χ4n) is 2.03. The van der Waals surface area contributed by atoms with Crippen molar-refractivity contribution in [3.05, 3.63) is 15.6 Å². The smallest absolute Gasteiger partial charge is 0.123 e. The van der Waals surface area contributed by atoms with Crippen molar-refractivity contribution in [1.29, 1.82) is 0 Å². The molecule has 0 amide bonds. The number of ether oxygens (including phenoxy) is 1. The largest absolute Gasteiger partial charge is 0.371 e. The van der Waals surface area contributed by atoms with Gasteiger partial charge in [0.15, 0.2) is 0 Å². The summed E-state index contributed by atoms with van der Waals surface area (Å²) in [6.45, 7) is 15.6. The van der Waals surface area contributed by atoms with Gasteiger partial charge in [0.2, 0.25) is 0 Å². The van der Waals surface area contributed by atoms with Crippen LogP contribution in [0.5, 0.6) is 0 Å². The monoisotopic (exact) mass is 284 g/mol. The fraction of sp³-hybridized carbons (Fsp3) is 0.800. The number of hydrogen-bond acceptors (Lipinski definition) is 4. The van der Waals surface area contributed by atoms with Gasteiger partial charge >= 0.3 is 0 Å². The summed E-state index contributed by atoms with van der Waals surface area (Å²) >= 11 is 1.80.